The summed E-state index contributed by atoms with van der Waals surface area (Å²) < 4.78 is 27.4. The first-order chi connectivity index (χ1) is 11.1. The number of halogens is 1. The third kappa shape index (κ3) is 6.86. The zero-order valence-corrected chi connectivity index (χ0v) is 17.3. The van der Waals surface area contributed by atoms with Crippen LogP contribution in [0.2, 0.25) is 0 Å². The van der Waals surface area contributed by atoms with Crippen molar-refractivity contribution in [3.63, 3.8) is 0 Å². The maximum Gasteiger partial charge on any atom is 0.250 e. The van der Waals surface area contributed by atoms with E-state index in [0.29, 0.717) is 23.1 Å². The van der Waals surface area contributed by atoms with Crippen LogP contribution in [-0.4, -0.2) is 33.5 Å². The van der Waals surface area contributed by atoms with E-state index in [4.69, 9.17) is 5.73 Å². The van der Waals surface area contributed by atoms with E-state index in [1.165, 1.54) is 11.3 Å². The third-order valence-corrected chi connectivity index (χ3v) is 7.04. The van der Waals surface area contributed by atoms with E-state index in [1.807, 2.05) is 20.8 Å². The van der Waals surface area contributed by atoms with Crippen LogP contribution in [0.5, 0.6) is 0 Å². The minimum Gasteiger partial charge on any atom is -0.355 e. The molecule has 1 unspecified atom stereocenters. The molecule has 1 atom stereocenters. The highest BCUT2D eigenvalue weighted by atomic mass is 35.5. The van der Waals surface area contributed by atoms with Gasteiger partial charge in [0.25, 0.3) is 0 Å². The van der Waals surface area contributed by atoms with Crippen molar-refractivity contribution in [2.24, 2.45) is 17.1 Å². The molecule has 144 valence electrons. The molecule has 1 aromatic rings. The molecule has 1 aliphatic carbocycles. The summed E-state index contributed by atoms with van der Waals surface area (Å²) in [5.74, 6) is 0.445. The zero-order valence-electron chi connectivity index (χ0n) is 14.9. The fraction of sp³-hybridized carbons (Fsp3) is 0.688. The Labute approximate surface area is 160 Å². The molecule has 1 heterocycles. The smallest absolute Gasteiger partial charge is 0.250 e. The van der Waals surface area contributed by atoms with Gasteiger partial charge in [0.15, 0.2) is 0 Å². The van der Waals surface area contributed by atoms with Crippen LogP contribution in [-0.2, 0) is 21.2 Å². The number of nitrogens with one attached hydrogen (secondary N) is 2. The quantitative estimate of drug-likeness (QED) is 0.610. The molecule has 1 fully saturated rings. The minimum absolute atomic E-state index is 0. The molecule has 1 aromatic heterocycles. The van der Waals surface area contributed by atoms with Crippen molar-refractivity contribution < 1.29 is 13.2 Å². The lowest BCUT2D eigenvalue weighted by atomic mass is 9.96. The SMILES string of the molecule is CC(C)(C)C(=O)NCCc1ccc(S(=O)(=O)NCC(N)C2CC2)s1.Cl. The second-order valence-electron chi connectivity index (χ2n) is 7.33. The maximum absolute atomic E-state index is 12.3. The Hall–Kier alpha value is -0.670. The lowest BCUT2D eigenvalue weighted by Crippen LogP contribution is -2.38. The topological polar surface area (TPSA) is 101 Å². The first-order valence-corrected chi connectivity index (χ1v) is 10.5. The highest BCUT2D eigenvalue weighted by molar-refractivity contribution is 7.91. The van der Waals surface area contributed by atoms with E-state index in [-0.39, 0.29) is 30.9 Å². The van der Waals surface area contributed by atoms with Gasteiger partial charge in [-0.15, -0.1) is 23.7 Å². The minimum atomic E-state index is -3.50. The predicted molar refractivity (Wildman–Crippen MR) is 104 cm³/mol. The average molecular weight is 410 g/mol. The molecule has 4 N–H and O–H groups in total. The highest BCUT2D eigenvalue weighted by Crippen LogP contribution is 2.31. The van der Waals surface area contributed by atoms with Gasteiger partial charge >= 0.3 is 0 Å². The Balaban J connectivity index is 0.00000312. The summed E-state index contributed by atoms with van der Waals surface area (Å²) in [7, 11) is -3.50. The van der Waals surface area contributed by atoms with Gasteiger partial charge in [-0.2, -0.15) is 0 Å². The molecule has 6 nitrogen and oxygen atoms in total. The van der Waals surface area contributed by atoms with Crippen molar-refractivity contribution in [3.05, 3.63) is 17.0 Å². The normalized spacial score (nSPS) is 16.2. The van der Waals surface area contributed by atoms with Gasteiger partial charge in [-0.05, 0) is 37.3 Å². The van der Waals surface area contributed by atoms with Gasteiger partial charge in [0.2, 0.25) is 15.9 Å². The number of rotatable bonds is 8. The van der Waals surface area contributed by atoms with Crippen molar-refractivity contribution in [2.75, 3.05) is 13.1 Å². The number of carbonyl (C=O) groups excluding carboxylic acids is 1. The number of nitrogens with two attached hydrogens (primary N) is 1. The molecule has 1 saturated carbocycles. The maximum atomic E-state index is 12.3. The van der Waals surface area contributed by atoms with Crippen LogP contribution in [0.4, 0.5) is 0 Å². The molecular weight excluding hydrogens is 382 g/mol. The third-order valence-electron chi connectivity index (χ3n) is 3.98. The summed E-state index contributed by atoms with van der Waals surface area (Å²) in [6.07, 6.45) is 2.79. The number of amides is 1. The van der Waals surface area contributed by atoms with Gasteiger partial charge in [-0.25, -0.2) is 13.1 Å². The van der Waals surface area contributed by atoms with Crippen LogP contribution in [0.15, 0.2) is 16.3 Å². The van der Waals surface area contributed by atoms with Crippen molar-refractivity contribution in [2.45, 2.75) is 50.3 Å². The second kappa shape index (κ2) is 8.81. The molecule has 9 heteroatoms. The van der Waals surface area contributed by atoms with E-state index in [1.54, 1.807) is 12.1 Å². The number of hydrogen-bond donors (Lipinski definition) is 3. The molecule has 0 spiro atoms. The van der Waals surface area contributed by atoms with Gasteiger partial charge < -0.3 is 11.1 Å². The van der Waals surface area contributed by atoms with Crippen LogP contribution in [0.25, 0.3) is 0 Å². The van der Waals surface area contributed by atoms with Gasteiger partial charge in [0, 0.05) is 29.4 Å². The molecule has 25 heavy (non-hydrogen) atoms. The lowest BCUT2D eigenvalue weighted by molar-refractivity contribution is -0.128. The summed E-state index contributed by atoms with van der Waals surface area (Å²) >= 11 is 1.23. The molecule has 0 aliphatic heterocycles. The Kier molecular flexibility index (Phi) is 7.89. The monoisotopic (exact) mass is 409 g/mol. The summed E-state index contributed by atoms with van der Waals surface area (Å²) in [5, 5.41) is 2.86. The first kappa shape index (κ1) is 22.4. The van der Waals surface area contributed by atoms with Crippen LogP contribution < -0.4 is 15.8 Å². The van der Waals surface area contributed by atoms with Gasteiger partial charge in [0.1, 0.15) is 4.21 Å². The fourth-order valence-corrected chi connectivity index (χ4v) is 4.64. The van der Waals surface area contributed by atoms with Crippen LogP contribution in [0.3, 0.4) is 0 Å². The Bertz CT molecular complexity index is 679. The van der Waals surface area contributed by atoms with Gasteiger partial charge in [0.05, 0.1) is 0 Å². The standard InChI is InChI=1S/C16H27N3O3S2.ClH/c1-16(2,3)15(20)18-9-8-12-6-7-14(23-12)24(21,22)19-10-13(17)11-4-5-11;/h6-7,11,13,19H,4-5,8-10,17H2,1-3H3,(H,18,20);1H. The zero-order chi connectivity index (χ0) is 18.0. The van der Waals surface area contributed by atoms with E-state index in [0.717, 1.165) is 17.7 Å². The predicted octanol–water partition coefficient (Wildman–Crippen LogP) is 1.89. The number of carbonyl (C=O) groups is 1. The van der Waals surface area contributed by atoms with E-state index >= 15 is 0 Å². The largest absolute Gasteiger partial charge is 0.355 e. The first-order valence-electron chi connectivity index (χ1n) is 8.22. The van der Waals surface area contributed by atoms with Gasteiger partial charge in [-0.3, -0.25) is 4.79 Å². The number of hydrogen-bond acceptors (Lipinski definition) is 5. The van der Waals surface area contributed by atoms with E-state index < -0.39 is 15.4 Å². The molecule has 0 bridgehead atoms. The molecule has 0 saturated heterocycles. The molecule has 1 aliphatic rings. The summed E-state index contributed by atoms with van der Waals surface area (Å²) in [6, 6.07) is 3.30. The van der Waals surface area contributed by atoms with Crippen molar-refractivity contribution in [1.29, 1.82) is 0 Å². The average Bonchev–Trinajstić information content (AvgIpc) is 3.22. The van der Waals surface area contributed by atoms with Crippen LogP contribution in [0, 0.1) is 11.3 Å². The van der Waals surface area contributed by atoms with E-state index in [9.17, 15) is 13.2 Å². The number of thiophene rings is 1. The van der Waals surface area contributed by atoms with Crippen molar-refractivity contribution in [1.82, 2.24) is 10.0 Å². The van der Waals surface area contributed by atoms with Crippen LogP contribution >= 0.6 is 23.7 Å². The van der Waals surface area contributed by atoms with Gasteiger partial charge in [-0.1, -0.05) is 20.8 Å². The second-order valence-corrected chi connectivity index (χ2v) is 10.5. The highest BCUT2D eigenvalue weighted by Gasteiger charge is 2.29. The summed E-state index contributed by atoms with van der Waals surface area (Å²) in [4.78, 5) is 12.7. The Morgan fingerprint density at radius 3 is 2.56 bits per heavy atom. The molecule has 2 rings (SSSR count). The van der Waals surface area contributed by atoms with Crippen molar-refractivity contribution >= 4 is 39.7 Å². The summed E-state index contributed by atoms with van der Waals surface area (Å²) in [6.45, 7) is 6.35. The van der Waals surface area contributed by atoms with E-state index in [2.05, 4.69) is 10.0 Å². The summed E-state index contributed by atoms with van der Waals surface area (Å²) in [5.41, 5.74) is 5.51. The van der Waals surface area contributed by atoms with Crippen molar-refractivity contribution in [3.8, 4) is 0 Å². The molecule has 0 aromatic carbocycles. The molecular formula is C16H28ClN3O3S2. The molecule has 0 radical (unpaired) electrons. The molecule has 1 amide bonds. The van der Waals surface area contributed by atoms with Crippen LogP contribution in [0.1, 0.15) is 38.5 Å². The fourth-order valence-electron chi connectivity index (χ4n) is 2.17. The lowest BCUT2D eigenvalue weighted by Gasteiger charge is -2.17. The Morgan fingerprint density at radius 2 is 2.00 bits per heavy atom. The Morgan fingerprint density at radius 1 is 1.36 bits per heavy atom. The number of sulfonamides is 1.